The number of nitrogens with one attached hydrogen (secondary N) is 1. The molecule has 0 radical (unpaired) electrons. The number of amides is 1. The standard InChI is InChI=1S/C16H21Cl2NO3/c1-9(2)16(5,8-20)19-15(21)11(4)22-13-7-6-12(17)10(3)14(13)18/h6-9,11H,1-5H3,(H,19,21). The van der Waals surface area contributed by atoms with Crippen LogP contribution in [0.5, 0.6) is 5.75 Å². The molecule has 0 aliphatic carbocycles. The van der Waals surface area contributed by atoms with Gasteiger partial charge >= 0.3 is 0 Å². The topological polar surface area (TPSA) is 55.4 Å². The van der Waals surface area contributed by atoms with E-state index < -0.39 is 11.6 Å². The highest BCUT2D eigenvalue weighted by Gasteiger charge is 2.32. The van der Waals surface area contributed by atoms with Gasteiger partial charge in [0.15, 0.2) is 6.10 Å². The van der Waals surface area contributed by atoms with Crippen molar-refractivity contribution in [3.05, 3.63) is 27.7 Å². The molecule has 0 spiro atoms. The van der Waals surface area contributed by atoms with E-state index in [9.17, 15) is 9.59 Å². The largest absolute Gasteiger partial charge is 0.479 e. The first kappa shape index (κ1) is 18.8. The number of rotatable bonds is 6. The minimum Gasteiger partial charge on any atom is -0.479 e. The smallest absolute Gasteiger partial charge is 0.261 e. The molecular formula is C16H21Cl2NO3. The second-order valence-corrected chi connectivity index (χ2v) is 6.57. The van der Waals surface area contributed by atoms with Crippen LogP contribution in [0.3, 0.4) is 0 Å². The van der Waals surface area contributed by atoms with Gasteiger partial charge in [-0.2, -0.15) is 0 Å². The van der Waals surface area contributed by atoms with Crippen LogP contribution in [0.15, 0.2) is 12.1 Å². The van der Waals surface area contributed by atoms with Gasteiger partial charge in [0, 0.05) is 5.02 Å². The molecule has 0 aliphatic rings. The number of ether oxygens (including phenoxy) is 1. The summed E-state index contributed by atoms with van der Waals surface area (Å²) in [5, 5.41) is 3.61. The SMILES string of the molecule is Cc1c(Cl)ccc(OC(C)C(=O)NC(C)(C=O)C(C)C)c1Cl. The van der Waals surface area contributed by atoms with E-state index in [0.717, 1.165) is 6.29 Å². The van der Waals surface area contributed by atoms with Crippen LogP contribution in [0.25, 0.3) is 0 Å². The van der Waals surface area contributed by atoms with E-state index in [2.05, 4.69) is 5.32 Å². The van der Waals surface area contributed by atoms with Gasteiger partial charge in [0.05, 0.1) is 10.6 Å². The van der Waals surface area contributed by atoms with Crippen molar-refractivity contribution in [2.75, 3.05) is 0 Å². The molecule has 0 heterocycles. The first-order chi connectivity index (χ1) is 10.1. The molecule has 0 saturated carbocycles. The highest BCUT2D eigenvalue weighted by molar-refractivity contribution is 6.36. The summed E-state index contributed by atoms with van der Waals surface area (Å²) < 4.78 is 5.59. The normalized spacial score (nSPS) is 15.1. The second kappa shape index (κ2) is 7.34. The van der Waals surface area contributed by atoms with Crippen LogP contribution in [0.2, 0.25) is 10.0 Å². The Balaban J connectivity index is 2.85. The highest BCUT2D eigenvalue weighted by atomic mass is 35.5. The van der Waals surface area contributed by atoms with Gasteiger partial charge in [-0.15, -0.1) is 0 Å². The lowest BCUT2D eigenvalue weighted by Crippen LogP contribution is -2.54. The second-order valence-electron chi connectivity index (χ2n) is 5.79. The molecule has 0 aromatic heterocycles. The third-order valence-electron chi connectivity index (χ3n) is 3.79. The molecule has 1 aromatic carbocycles. The van der Waals surface area contributed by atoms with Crippen molar-refractivity contribution in [2.45, 2.75) is 46.3 Å². The van der Waals surface area contributed by atoms with Gasteiger partial charge in [-0.05, 0) is 44.4 Å². The maximum absolute atomic E-state index is 12.2. The molecule has 0 fully saturated rings. The monoisotopic (exact) mass is 345 g/mol. The van der Waals surface area contributed by atoms with Gasteiger partial charge in [0.1, 0.15) is 12.0 Å². The quantitative estimate of drug-likeness (QED) is 0.797. The molecule has 0 bridgehead atoms. The zero-order valence-corrected chi connectivity index (χ0v) is 14.9. The summed E-state index contributed by atoms with van der Waals surface area (Å²) in [7, 11) is 0. The van der Waals surface area contributed by atoms with Crippen LogP contribution in [-0.2, 0) is 9.59 Å². The maximum Gasteiger partial charge on any atom is 0.261 e. The molecule has 2 unspecified atom stereocenters. The van der Waals surface area contributed by atoms with Crippen LogP contribution in [0.1, 0.15) is 33.3 Å². The Bertz CT molecular complexity index is 575. The summed E-state index contributed by atoms with van der Waals surface area (Å²) in [5.74, 6) is -0.0435. The number of hydrogen-bond donors (Lipinski definition) is 1. The van der Waals surface area contributed by atoms with Crippen molar-refractivity contribution in [3.63, 3.8) is 0 Å². The maximum atomic E-state index is 12.2. The first-order valence-electron chi connectivity index (χ1n) is 7.02. The van der Waals surface area contributed by atoms with Crippen molar-refractivity contribution in [1.29, 1.82) is 0 Å². The molecule has 1 N–H and O–H groups in total. The average Bonchev–Trinajstić information content (AvgIpc) is 2.47. The van der Waals surface area contributed by atoms with Crippen molar-refractivity contribution in [1.82, 2.24) is 5.32 Å². The van der Waals surface area contributed by atoms with Gasteiger partial charge in [0.2, 0.25) is 0 Å². The molecule has 1 amide bonds. The van der Waals surface area contributed by atoms with E-state index in [1.807, 2.05) is 13.8 Å². The number of carbonyl (C=O) groups excluding carboxylic acids is 2. The Morgan fingerprint density at radius 2 is 1.91 bits per heavy atom. The third kappa shape index (κ3) is 4.14. The molecule has 4 nitrogen and oxygen atoms in total. The van der Waals surface area contributed by atoms with Gasteiger partial charge in [-0.3, -0.25) is 4.79 Å². The van der Waals surface area contributed by atoms with E-state index in [1.165, 1.54) is 0 Å². The van der Waals surface area contributed by atoms with Crippen LogP contribution in [0, 0.1) is 12.8 Å². The lowest BCUT2D eigenvalue weighted by Gasteiger charge is -2.30. The summed E-state index contributed by atoms with van der Waals surface area (Å²) in [6.07, 6.45) is -0.0575. The van der Waals surface area contributed by atoms with Gasteiger partial charge < -0.3 is 14.8 Å². The van der Waals surface area contributed by atoms with E-state index in [-0.39, 0.29) is 11.8 Å². The zero-order chi connectivity index (χ0) is 17.1. The molecule has 1 aromatic rings. The van der Waals surface area contributed by atoms with E-state index >= 15 is 0 Å². The minimum atomic E-state index is -0.936. The predicted molar refractivity (Wildman–Crippen MR) is 88.7 cm³/mol. The number of benzene rings is 1. The summed E-state index contributed by atoms with van der Waals surface area (Å²) >= 11 is 12.1. The number of halogens is 2. The Morgan fingerprint density at radius 3 is 2.41 bits per heavy atom. The summed E-state index contributed by atoms with van der Waals surface area (Å²) in [5.41, 5.74) is -0.248. The fraction of sp³-hybridized carbons (Fsp3) is 0.500. The van der Waals surface area contributed by atoms with Crippen molar-refractivity contribution in [2.24, 2.45) is 5.92 Å². The van der Waals surface area contributed by atoms with Crippen LogP contribution < -0.4 is 10.1 Å². The number of aldehydes is 1. The minimum absolute atomic E-state index is 0.0393. The average molecular weight is 346 g/mol. The Labute approximate surface area is 141 Å². The van der Waals surface area contributed by atoms with Crippen LogP contribution >= 0.6 is 23.2 Å². The molecule has 2 atom stereocenters. The molecule has 1 rings (SSSR count). The molecule has 122 valence electrons. The third-order valence-corrected chi connectivity index (χ3v) is 4.67. The lowest BCUT2D eigenvalue weighted by atomic mass is 9.90. The van der Waals surface area contributed by atoms with Gasteiger partial charge in [0.25, 0.3) is 5.91 Å². The number of hydrogen-bond acceptors (Lipinski definition) is 3. The van der Waals surface area contributed by atoms with Gasteiger partial charge in [-0.1, -0.05) is 37.0 Å². The Hall–Kier alpha value is -1.26. The molecule has 22 heavy (non-hydrogen) atoms. The van der Waals surface area contributed by atoms with Gasteiger partial charge in [-0.25, -0.2) is 0 Å². The van der Waals surface area contributed by atoms with Crippen LogP contribution in [-0.4, -0.2) is 23.8 Å². The van der Waals surface area contributed by atoms with E-state index in [4.69, 9.17) is 27.9 Å². The fourth-order valence-electron chi connectivity index (χ4n) is 1.65. The Kier molecular flexibility index (Phi) is 6.27. The summed E-state index contributed by atoms with van der Waals surface area (Å²) in [6, 6.07) is 3.27. The summed E-state index contributed by atoms with van der Waals surface area (Å²) in [6.45, 7) is 8.76. The first-order valence-corrected chi connectivity index (χ1v) is 7.77. The molecule has 0 saturated heterocycles. The Morgan fingerprint density at radius 1 is 1.32 bits per heavy atom. The molecule has 0 aliphatic heterocycles. The lowest BCUT2D eigenvalue weighted by molar-refractivity contribution is -0.132. The highest BCUT2D eigenvalue weighted by Crippen LogP contribution is 2.33. The van der Waals surface area contributed by atoms with Crippen molar-refractivity contribution < 1.29 is 14.3 Å². The van der Waals surface area contributed by atoms with Crippen molar-refractivity contribution in [3.8, 4) is 5.75 Å². The zero-order valence-electron chi connectivity index (χ0n) is 13.4. The van der Waals surface area contributed by atoms with E-state index in [1.54, 1.807) is 32.9 Å². The number of carbonyl (C=O) groups is 2. The molecule has 6 heteroatoms. The van der Waals surface area contributed by atoms with E-state index in [0.29, 0.717) is 21.4 Å². The molecular weight excluding hydrogens is 325 g/mol. The van der Waals surface area contributed by atoms with Crippen LogP contribution in [0.4, 0.5) is 0 Å². The fourth-order valence-corrected chi connectivity index (χ4v) is 2.06. The van der Waals surface area contributed by atoms with Crippen molar-refractivity contribution >= 4 is 35.4 Å². The summed E-state index contributed by atoms with van der Waals surface area (Å²) in [4.78, 5) is 23.5. The predicted octanol–water partition coefficient (Wildman–Crippen LogP) is 3.80.